The fourth-order valence-electron chi connectivity index (χ4n) is 2.25. The minimum Gasteiger partial charge on any atom is -0.356 e. The van der Waals surface area contributed by atoms with Gasteiger partial charge in [0.05, 0.1) is 6.33 Å². The molecule has 0 aliphatic heterocycles. The lowest BCUT2D eigenvalue weighted by atomic mass is 10.3. The standard InChI is InChI=1S/C16H24N6O/c1-13-11-14(2)21-16(20-13)19-6-3-5-15(23)18-7-4-9-22-10-8-17-12-22/h8,10-12H,3-7,9H2,1-2H3,(H,18,23)(H,19,20,21). The van der Waals surface area contributed by atoms with Gasteiger partial charge in [0, 0.05) is 49.8 Å². The lowest BCUT2D eigenvalue weighted by Gasteiger charge is -2.07. The van der Waals surface area contributed by atoms with E-state index in [4.69, 9.17) is 0 Å². The average molecular weight is 316 g/mol. The maximum absolute atomic E-state index is 11.7. The van der Waals surface area contributed by atoms with Crippen molar-refractivity contribution in [3.05, 3.63) is 36.2 Å². The van der Waals surface area contributed by atoms with Crippen molar-refractivity contribution in [3.63, 3.8) is 0 Å². The number of carbonyl (C=O) groups excluding carboxylic acids is 1. The first-order valence-corrected chi connectivity index (χ1v) is 7.92. The molecule has 0 aromatic carbocycles. The molecule has 0 saturated carbocycles. The number of hydrogen-bond acceptors (Lipinski definition) is 5. The number of aromatic nitrogens is 4. The molecular formula is C16H24N6O. The summed E-state index contributed by atoms with van der Waals surface area (Å²) in [6, 6.07) is 1.93. The van der Waals surface area contributed by atoms with Crippen molar-refractivity contribution in [1.29, 1.82) is 0 Å². The minimum atomic E-state index is 0.0822. The Hall–Kier alpha value is -2.44. The number of nitrogens with one attached hydrogen (secondary N) is 2. The third-order valence-electron chi connectivity index (χ3n) is 3.32. The van der Waals surface area contributed by atoms with Crippen LogP contribution >= 0.6 is 0 Å². The van der Waals surface area contributed by atoms with Crippen molar-refractivity contribution in [3.8, 4) is 0 Å². The number of rotatable bonds is 9. The van der Waals surface area contributed by atoms with Crippen molar-refractivity contribution in [2.75, 3.05) is 18.4 Å². The van der Waals surface area contributed by atoms with Crippen LogP contribution in [0.15, 0.2) is 24.8 Å². The summed E-state index contributed by atoms with van der Waals surface area (Å²) >= 11 is 0. The zero-order valence-corrected chi connectivity index (χ0v) is 13.7. The van der Waals surface area contributed by atoms with E-state index in [1.165, 1.54) is 0 Å². The van der Waals surface area contributed by atoms with Crippen LogP contribution in [0.25, 0.3) is 0 Å². The average Bonchev–Trinajstić information content (AvgIpc) is 3.00. The molecule has 7 heteroatoms. The summed E-state index contributed by atoms with van der Waals surface area (Å²) in [5.41, 5.74) is 1.88. The summed E-state index contributed by atoms with van der Waals surface area (Å²) < 4.78 is 2.00. The fourth-order valence-corrected chi connectivity index (χ4v) is 2.25. The molecule has 0 spiro atoms. The topological polar surface area (TPSA) is 84.7 Å². The largest absolute Gasteiger partial charge is 0.356 e. The van der Waals surface area contributed by atoms with Crippen LogP contribution in [0.3, 0.4) is 0 Å². The molecule has 0 unspecified atom stereocenters. The molecule has 2 N–H and O–H groups in total. The van der Waals surface area contributed by atoms with Crippen molar-refractivity contribution >= 4 is 11.9 Å². The van der Waals surface area contributed by atoms with E-state index in [0.29, 0.717) is 25.5 Å². The van der Waals surface area contributed by atoms with Crippen molar-refractivity contribution in [2.24, 2.45) is 0 Å². The SMILES string of the molecule is Cc1cc(C)nc(NCCCC(=O)NCCCn2ccnc2)n1. The first-order valence-electron chi connectivity index (χ1n) is 7.92. The summed E-state index contributed by atoms with van der Waals surface area (Å²) in [4.78, 5) is 24.3. The monoisotopic (exact) mass is 316 g/mol. The van der Waals surface area contributed by atoms with Gasteiger partial charge in [-0.2, -0.15) is 0 Å². The van der Waals surface area contributed by atoms with E-state index in [-0.39, 0.29) is 5.91 Å². The van der Waals surface area contributed by atoms with Crippen LogP contribution in [0.5, 0.6) is 0 Å². The van der Waals surface area contributed by atoms with E-state index in [9.17, 15) is 4.79 Å². The quantitative estimate of drug-likeness (QED) is 0.688. The number of carbonyl (C=O) groups is 1. The van der Waals surface area contributed by atoms with Gasteiger partial charge in [-0.3, -0.25) is 4.79 Å². The molecule has 23 heavy (non-hydrogen) atoms. The van der Waals surface area contributed by atoms with Gasteiger partial charge in [0.1, 0.15) is 0 Å². The second-order valence-corrected chi connectivity index (χ2v) is 5.51. The van der Waals surface area contributed by atoms with Gasteiger partial charge < -0.3 is 15.2 Å². The molecule has 0 aliphatic carbocycles. The van der Waals surface area contributed by atoms with Gasteiger partial charge in [-0.05, 0) is 32.8 Å². The van der Waals surface area contributed by atoms with Crippen LogP contribution in [0.4, 0.5) is 5.95 Å². The first kappa shape index (κ1) is 16.9. The van der Waals surface area contributed by atoms with Crippen LogP contribution in [0, 0.1) is 13.8 Å². The number of nitrogens with zero attached hydrogens (tertiary/aromatic N) is 4. The number of aryl methyl sites for hydroxylation is 3. The molecular weight excluding hydrogens is 292 g/mol. The molecule has 0 bridgehead atoms. The van der Waals surface area contributed by atoms with Crippen molar-refractivity contribution < 1.29 is 4.79 Å². The summed E-state index contributed by atoms with van der Waals surface area (Å²) in [5, 5.41) is 6.09. The highest BCUT2D eigenvalue weighted by molar-refractivity contribution is 5.75. The predicted molar refractivity (Wildman–Crippen MR) is 89.1 cm³/mol. The molecule has 0 aliphatic rings. The van der Waals surface area contributed by atoms with Crippen molar-refractivity contribution in [1.82, 2.24) is 24.8 Å². The normalized spacial score (nSPS) is 10.5. The molecule has 0 saturated heterocycles. The van der Waals surface area contributed by atoms with E-state index < -0.39 is 0 Å². The van der Waals surface area contributed by atoms with Gasteiger partial charge in [-0.25, -0.2) is 15.0 Å². The van der Waals surface area contributed by atoms with E-state index in [2.05, 4.69) is 25.6 Å². The fraction of sp³-hybridized carbons (Fsp3) is 0.500. The van der Waals surface area contributed by atoms with Crippen LogP contribution < -0.4 is 10.6 Å². The maximum Gasteiger partial charge on any atom is 0.223 e. The Kier molecular flexibility index (Phi) is 6.53. The van der Waals surface area contributed by atoms with E-state index in [1.54, 1.807) is 12.5 Å². The Morgan fingerprint density at radius 3 is 2.65 bits per heavy atom. The number of imidazole rings is 1. The molecule has 0 radical (unpaired) electrons. The predicted octanol–water partition coefficient (Wildman–Crippen LogP) is 1.69. The molecule has 7 nitrogen and oxygen atoms in total. The Balaban J connectivity index is 1.54. The highest BCUT2D eigenvalue weighted by Gasteiger charge is 2.02. The summed E-state index contributed by atoms with van der Waals surface area (Å²) in [6.45, 7) is 6.12. The van der Waals surface area contributed by atoms with Crippen LogP contribution in [0.1, 0.15) is 30.7 Å². The Labute approximate surface area is 136 Å². The first-order chi connectivity index (χ1) is 11.1. The summed E-state index contributed by atoms with van der Waals surface area (Å²) in [5.74, 6) is 0.710. The summed E-state index contributed by atoms with van der Waals surface area (Å²) in [6.07, 6.45) is 7.61. The Morgan fingerprint density at radius 1 is 1.17 bits per heavy atom. The van der Waals surface area contributed by atoms with Gasteiger partial charge in [-0.15, -0.1) is 0 Å². The van der Waals surface area contributed by atoms with Gasteiger partial charge in [0.15, 0.2) is 0 Å². The smallest absolute Gasteiger partial charge is 0.223 e. The molecule has 0 fully saturated rings. The number of amides is 1. The van der Waals surface area contributed by atoms with Gasteiger partial charge in [-0.1, -0.05) is 0 Å². The highest BCUT2D eigenvalue weighted by Crippen LogP contribution is 2.03. The van der Waals surface area contributed by atoms with Crippen LogP contribution in [-0.4, -0.2) is 38.5 Å². The maximum atomic E-state index is 11.7. The zero-order chi connectivity index (χ0) is 16.5. The minimum absolute atomic E-state index is 0.0822. The zero-order valence-electron chi connectivity index (χ0n) is 13.7. The second-order valence-electron chi connectivity index (χ2n) is 5.51. The van der Waals surface area contributed by atoms with Crippen LogP contribution in [0.2, 0.25) is 0 Å². The Bertz CT molecular complexity index is 591. The molecule has 2 aromatic heterocycles. The molecule has 124 valence electrons. The molecule has 0 atom stereocenters. The lowest BCUT2D eigenvalue weighted by molar-refractivity contribution is -0.121. The highest BCUT2D eigenvalue weighted by atomic mass is 16.1. The molecule has 2 aromatic rings. The van der Waals surface area contributed by atoms with E-state index >= 15 is 0 Å². The number of anilines is 1. The molecule has 1 amide bonds. The number of hydrogen-bond donors (Lipinski definition) is 2. The van der Waals surface area contributed by atoms with Gasteiger partial charge >= 0.3 is 0 Å². The van der Waals surface area contributed by atoms with Gasteiger partial charge in [0.25, 0.3) is 0 Å². The van der Waals surface area contributed by atoms with Crippen molar-refractivity contribution in [2.45, 2.75) is 39.7 Å². The summed E-state index contributed by atoms with van der Waals surface area (Å²) in [7, 11) is 0. The second kappa shape index (κ2) is 8.87. The molecule has 2 rings (SSSR count). The Morgan fingerprint density at radius 2 is 1.96 bits per heavy atom. The third-order valence-corrected chi connectivity index (χ3v) is 3.32. The lowest BCUT2D eigenvalue weighted by Crippen LogP contribution is -2.25. The molecule has 2 heterocycles. The van der Waals surface area contributed by atoms with Crippen LogP contribution in [-0.2, 0) is 11.3 Å². The van der Waals surface area contributed by atoms with Gasteiger partial charge in [0.2, 0.25) is 11.9 Å². The third kappa shape index (κ3) is 6.46. The van der Waals surface area contributed by atoms with E-state index in [0.717, 1.165) is 30.8 Å². The van der Waals surface area contributed by atoms with E-state index in [1.807, 2.05) is 30.7 Å².